The molecule has 128 valence electrons. The highest BCUT2D eigenvalue weighted by Crippen LogP contribution is 2.38. The van der Waals surface area contributed by atoms with Crippen molar-refractivity contribution in [3.05, 3.63) is 24.3 Å². The molecule has 2 fully saturated rings. The fourth-order valence-corrected chi connectivity index (χ4v) is 4.88. The number of hydrogen-bond donors (Lipinski definition) is 0. The van der Waals surface area contributed by atoms with Crippen LogP contribution in [0.1, 0.15) is 19.8 Å². The number of sulfonamides is 1. The van der Waals surface area contributed by atoms with E-state index in [1.54, 1.807) is 24.3 Å². The summed E-state index contributed by atoms with van der Waals surface area (Å²) in [6.45, 7) is 4.04. The third-order valence-electron chi connectivity index (χ3n) is 4.46. The quantitative estimate of drug-likeness (QED) is 0.815. The van der Waals surface area contributed by atoms with Crippen LogP contribution in [0.25, 0.3) is 0 Å². The summed E-state index contributed by atoms with van der Waals surface area (Å²) in [5.74, 6) is 0.534. The molecule has 0 radical (unpaired) electrons. The predicted molar refractivity (Wildman–Crippen MR) is 85.1 cm³/mol. The number of nitrogens with zero attached hydrogens (tertiary/aromatic N) is 1. The number of hydrogen-bond acceptors (Lipinski definition) is 5. The minimum absolute atomic E-state index is 0.162. The van der Waals surface area contributed by atoms with Crippen molar-refractivity contribution in [2.24, 2.45) is 0 Å². The summed E-state index contributed by atoms with van der Waals surface area (Å²) < 4.78 is 43.5. The SMILES string of the molecule is CCO[C@@H]1CCOC2(C1)CN(S(=O)(=O)c1cccc(OC)c1)C2. The van der Waals surface area contributed by atoms with Crippen LogP contribution in [0.15, 0.2) is 29.2 Å². The summed E-state index contributed by atoms with van der Waals surface area (Å²) in [5, 5.41) is 0. The van der Waals surface area contributed by atoms with Gasteiger partial charge in [-0.2, -0.15) is 4.31 Å². The molecule has 2 aliphatic rings. The highest BCUT2D eigenvalue weighted by molar-refractivity contribution is 7.89. The summed E-state index contributed by atoms with van der Waals surface area (Å²) in [7, 11) is -1.99. The van der Waals surface area contributed by atoms with Crippen LogP contribution in [0.5, 0.6) is 5.75 Å². The monoisotopic (exact) mass is 341 g/mol. The Hall–Kier alpha value is -1.15. The van der Waals surface area contributed by atoms with E-state index in [9.17, 15) is 8.42 Å². The van der Waals surface area contributed by atoms with Crippen molar-refractivity contribution < 1.29 is 22.6 Å². The van der Waals surface area contributed by atoms with Crippen molar-refractivity contribution in [3.8, 4) is 5.75 Å². The van der Waals surface area contributed by atoms with E-state index in [1.807, 2.05) is 6.92 Å². The summed E-state index contributed by atoms with van der Waals surface area (Å²) in [5.41, 5.74) is -0.385. The number of methoxy groups -OCH3 is 1. The van der Waals surface area contributed by atoms with E-state index in [0.717, 1.165) is 12.8 Å². The Morgan fingerprint density at radius 1 is 1.39 bits per heavy atom. The Morgan fingerprint density at radius 3 is 2.87 bits per heavy atom. The first-order chi connectivity index (χ1) is 11.0. The van der Waals surface area contributed by atoms with Gasteiger partial charge in [0.2, 0.25) is 10.0 Å². The van der Waals surface area contributed by atoms with Gasteiger partial charge in [-0.05, 0) is 25.5 Å². The highest BCUT2D eigenvalue weighted by atomic mass is 32.2. The lowest BCUT2D eigenvalue weighted by Crippen LogP contribution is -2.67. The topological polar surface area (TPSA) is 65.1 Å². The van der Waals surface area contributed by atoms with Gasteiger partial charge in [-0.1, -0.05) is 6.07 Å². The molecule has 2 aliphatic heterocycles. The van der Waals surface area contributed by atoms with Gasteiger partial charge in [-0.25, -0.2) is 8.42 Å². The molecule has 2 saturated heterocycles. The smallest absolute Gasteiger partial charge is 0.243 e. The average molecular weight is 341 g/mol. The number of ether oxygens (including phenoxy) is 3. The molecule has 0 amide bonds. The summed E-state index contributed by atoms with van der Waals surface area (Å²) in [4.78, 5) is 0.254. The minimum atomic E-state index is -3.51. The van der Waals surface area contributed by atoms with E-state index in [-0.39, 0.29) is 16.6 Å². The fourth-order valence-electron chi connectivity index (χ4n) is 3.26. The zero-order chi connectivity index (χ0) is 16.5. The molecule has 2 heterocycles. The van der Waals surface area contributed by atoms with Gasteiger partial charge in [0.1, 0.15) is 5.75 Å². The normalized spacial score (nSPS) is 24.3. The standard InChI is InChI=1S/C16H23NO5S/c1-3-21-14-7-8-22-16(10-14)11-17(12-16)23(18,19)15-6-4-5-13(9-15)20-2/h4-6,9,14H,3,7-8,10-12H2,1-2H3/t14-/m1/s1. The molecule has 6 nitrogen and oxygen atoms in total. The second-order valence-corrected chi connectivity index (χ2v) is 7.99. The molecule has 1 spiro atoms. The van der Waals surface area contributed by atoms with Gasteiger partial charge in [0.05, 0.1) is 23.7 Å². The molecule has 0 aliphatic carbocycles. The van der Waals surface area contributed by atoms with E-state index in [0.29, 0.717) is 32.1 Å². The van der Waals surface area contributed by atoms with E-state index >= 15 is 0 Å². The first-order valence-corrected chi connectivity index (χ1v) is 9.33. The lowest BCUT2D eigenvalue weighted by molar-refractivity contribution is -0.177. The second kappa shape index (κ2) is 6.39. The molecule has 1 aromatic rings. The van der Waals surface area contributed by atoms with Crippen LogP contribution in [0.2, 0.25) is 0 Å². The Kier molecular flexibility index (Phi) is 4.64. The van der Waals surface area contributed by atoms with Gasteiger partial charge >= 0.3 is 0 Å². The van der Waals surface area contributed by atoms with Crippen LogP contribution in [0.4, 0.5) is 0 Å². The van der Waals surface area contributed by atoms with Gasteiger partial charge in [0.25, 0.3) is 0 Å². The van der Waals surface area contributed by atoms with Crippen molar-refractivity contribution in [2.45, 2.75) is 36.4 Å². The third-order valence-corrected chi connectivity index (χ3v) is 6.25. The van der Waals surface area contributed by atoms with Crippen molar-refractivity contribution in [1.29, 1.82) is 0 Å². The summed E-state index contributed by atoms with van der Waals surface area (Å²) in [6, 6.07) is 6.55. The van der Waals surface area contributed by atoms with Crippen LogP contribution in [-0.4, -0.2) is 57.8 Å². The van der Waals surface area contributed by atoms with Crippen LogP contribution in [0.3, 0.4) is 0 Å². The first-order valence-electron chi connectivity index (χ1n) is 7.89. The predicted octanol–water partition coefficient (Wildman–Crippen LogP) is 1.65. The lowest BCUT2D eigenvalue weighted by Gasteiger charge is -2.52. The zero-order valence-electron chi connectivity index (χ0n) is 13.5. The maximum Gasteiger partial charge on any atom is 0.243 e. The van der Waals surface area contributed by atoms with Gasteiger partial charge in [-0.15, -0.1) is 0 Å². The maximum atomic E-state index is 12.7. The molecular weight excluding hydrogens is 318 g/mol. The van der Waals surface area contributed by atoms with Crippen molar-refractivity contribution >= 4 is 10.0 Å². The van der Waals surface area contributed by atoms with Crippen molar-refractivity contribution in [3.63, 3.8) is 0 Å². The molecule has 0 aromatic heterocycles. The largest absolute Gasteiger partial charge is 0.497 e. The van der Waals surface area contributed by atoms with Gasteiger partial charge in [0.15, 0.2) is 0 Å². The zero-order valence-corrected chi connectivity index (χ0v) is 14.3. The molecule has 0 saturated carbocycles. The molecule has 0 N–H and O–H groups in total. The molecule has 1 aromatic carbocycles. The lowest BCUT2D eigenvalue weighted by atomic mass is 9.86. The van der Waals surface area contributed by atoms with Crippen molar-refractivity contribution in [1.82, 2.24) is 4.31 Å². The van der Waals surface area contributed by atoms with Crippen LogP contribution < -0.4 is 4.74 Å². The minimum Gasteiger partial charge on any atom is -0.497 e. The van der Waals surface area contributed by atoms with Gasteiger partial charge < -0.3 is 14.2 Å². The van der Waals surface area contributed by atoms with Gasteiger partial charge in [-0.3, -0.25) is 0 Å². The Balaban J connectivity index is 1.70. The Morgan fingerprint density at radius 2 is 2.17 bits per heavy atom. The molecule has 0 bridgehead atoms. The molecule has 0 unspecified atom stereocenters. The van der Waals surface area contributed by atoms with E-state index in [4.69, 9.17) is 14.2 Å². The molecule has 1 atom stereocenters. The maximum absolute atomic E-state index is 12.7. The molecular formula is C16H23NO5S. The number of benzene rings is 1. The number of rotatable bonds is 5. The van der Waals surface area contributed by atoms with Gasteiger partial charge in [0, 0.05) is 38.8 Å². The average Bonchev–Trinajstić information content (AvgIpc) is 2.53. The fraction of sp³-hybridized carbons (Fsp3) is 0.625. The van der Waals surface area contributed by atoms with E-state index < -0.39 is 10.0 Å². The second-order valence-electron chi connectivity index (χ2n) is 6.05. The highest BCUT2D eigenvalue weighted by Gasteiger charge is 2.52. The Bertz CT molecular complexity index is 652. The molecule has 3 rings (SSSR count). The summed E-state index contributed by atoms with van der Waals surface area (Å²) >= 11 is 0. The van der Waals surface area contributed by atoms with Crippen LogP contribution in [-0.2, 0) is 19.5 Å². The van der Waals surface area contributed by atoms with Crippen LogP contribution in [0, 0.1) is 0 Å². The first kappa shape index (κ1) is 16.7. The van der Waals surface area contributed by atoms with Crippen molar-refractivity contribution in [2.75, 3.05) is 33.4 Å². The molecule has 23 heavy (non-hydrogen) atoms. The summed E-state index contributed by atoms with van der Waals surface area (Å²) in [6.07, 6.45) is 1.79. The van der Waals surface area contributed by atoms with E-state index in [1.165, 1.54) is 11.4 Å². The Labute approximate surface area is 137 Å². The van der Waals surface area contributed by atoms with E-state index in [2.05, 4.69) is 0 Å². The van der Waals surface area contributed by atoms with Crippen LogP contribution >= 0.6 is 0 Å². The third kappa shape index (κ3) is 3.24. The molecule has 7 heteroatoms.